The highest BCUT2D eigenvalue weighted by Gasteiger charge is 2.06. The number of benzene rings is 2. The summed E-state index contributed by atoms with van der Waals surface area (Å²) in [5.74, 6) is 0.690. The molecule has 0 spiro atoms. The first-order chi connectivity index (χ1) is 11.2. The fraction of sp³-hybridized carbons (Fsp3) is 0.222. The standard InChI is InChI=1S/C18H19N3O2/c1-2-23-16-9-7-15(8-10-16)20-12-11-18(22)21-17-6-4-3-5-14(17)13-19/h3-10,20H,2,11-12H2,1H3,(H,21,22). The molecule has 0 unspecified atom stereocenters. The number of ether oxygens (including phenoxy) is 1. The van der Waals surface area contributed by atoms with E-state index in [4.69, 9.17) is 10.00 Å². The molecule has 5 heteroatoms. The minimum Gasteiger partial charge on any atom is -0.494 e. The van der Waals surface area contributed by atoms with Crippen molar-refractivity contribution in [1.29, 1.82) is 5.26 Å². The summed E-state index contributed by atoms with van der Waals surface area (Å²) in [4.78, 5) is 11.9. The van der Waals surface area contributed by atoms with Gasteiger partial charge in [-0.15, -0.1) is 0 Å². The number of hydrogen-bond donors (Lipinski definition) is 2. The summed E-state index contributed by atoms with van der Waals surface area (Å²) in [6.07, 6.45) is 0.312. The average molecular weight is 309 g/mol. The molecule has 2 N–H and O–H groups in total. The van der Waals surface area contributed by atoms with E-state index in [2.05, 4.69) is 16.7 Å². The van der Waals surface area contributed by atoms with Gasteiger partial charge in [0.15, 0.2) is 0 Å². The van der Waals surface area contributed by atoms with Gasteiger partial charge in [-0.2, -0.15) is 5.26 Å². The van der Waals surface area contributed by atoms with Crippen LogP contribution in [0, 0.1) is 11.3 Å². The van der Waals surface area contributed by atoms with Crippen LogP contribution in [0.2, 0.25) is 0 Å². The van der Waals surface area contributed by atoms with Gasteiger partial charge in [-0.3, -0.25) is 4.79 Å². The first-order valence-corrected chi connectivity index (χ1v) is 7.48. The summed E-state index contributed by atoms with van der Waals surface area (Å²) in [6.45, 7) is 3.08. The van der Waals surface area contributed by atoms with Crippen LogP contribution in [0.3, 0.4) is 0 Å². The Bertz CT molecular complexity index is 690. The molecule has 0 saturated carbocycles. The first kappa shape index (κ1) is 16.4. The maximum absolute atomic E-state index is 11.9. The van der Waals surface area contributed by atoms with Crippen LogP contribution >= 0.6 is 0 Å². The van der Waals surface area contributed by atoms with E-state index in [1.54, 1.807) is 24.3 Å². The zero-order valence-corrected chi connectivity index (χ0v) is 13.0. The summed E-state index contributed by atoms with van der Waals surface area (Å²) >= 11 is 0. The smallest absolute Gasteiger partial charge is 0.226 e. The van der Waals surface area contributed by atoms with Crippen LogP contribution < -0.4 is 15.4 Å². The lowest BCUT2D eigenvalue weighted by atomic mass is 10.2. The van der Waals surface area contributed by atoms with E-state index in [0.717, 1.165) is 11.4 Å². The molecular formula is C18H19N3O2. The van der Waals surface area contributed by atoms with E-state index in [-0.39, 0.29) is 5.91 Å². The van der Waals surface area contributed by atoms with Crippen molar-refractivity contribution >= 4 is 17.3 Å². The number of nitrogens with zero attached hydrogens (tertiary/aromatic N) is 1. The van der Waals surface area contributed by atoms with E-state index in [1.807, 2.05) is 31.2 Å². The van der Waals surface area contributed by atoms with Crippen LogP contribution in [0.5, 0.6) is 5.75 Å². The second-order valence-electron chi connectivity index (χ2n) is 4.84. The molecule has 0 heterocycles. The van der Waals surface area contributed by atoms with E-state index in [9.17, 15) is 4.79 Å². The quantitative estimate of drug-likeness (QED) is 0.822. The highest BCUT2D eigenvalue weighted by molar-refractivity contribution is 5.92. The van der Waals surface area contributed by atoms with Crippen molar-refractivity contribution in [2.75, 3.05) is 23.8 Å². The number of nitrogens with one attached hydrogen (secondary N) is 2. The number of amides is 1. The number of anilines is 2. The van der Waals surface area contributed by atoms with Crippen molar-refractivity contribution < 1.29 is 9.53 Å². The molecule has 23 heavy (non-hydrogen) atoms. The lowest BCUT2D eigenvalue weighted by Crippen LogP contribution is -2.16. The maximum Gasteiger partial charge on any atom is 0.226 e. The molecule has 5 nitrogen and oxygen atoms in total. The zero-order valence-electron chi connectivity index (χ0n) is 13.0. The minimum atomic E-state index is -0.133. The second-order valence-corrected chi connectivity index (χ2v) is 4.84. The number of nitriles is 1. The third-order valence-corrected chi connectivity index (χ3v) is 3.17. The highest BCUT2D eigenvalue weighted by Crippen LogP contribution is 2.16. The number of carbonyl (C=O) groups excluding carboxylic acids is 1. The third kappa shape index (κ3) is 5.04. The van der Waals surface area contributed by atoms with Crippen LogP contribution in [0.1, 0.15) is 18.9 Å². The summed E-state index contributed by atoms with van der Waals surface area (Å²) < 4.78 is 5.37. The lowest BCUT2D eigenvalue weighted by Gasteiger charge is -2.09. The van der Waals surface area contributed by atoms with Gasteiger partial charge < -0.3 is 15.4 Å². The molecule has 0 aliphatic rings. The monoisotopic (exact) mass is 309 g/mol. The van der Waals surface area contributed by atoms with Gasteiger partial charge in [-0.05, 0) is 43.3 Å². The molecule has 0 radical (unpaired) electrons. The fourth-order valence-corrected chi connectivity index (χ4v) is 2.06. The predicted octanol–water partition coefficient (Wildman–Crippen LogP) is 3.40. The first-order valence-electron chi connectivity index (χ1n) is 7.48. The van der Waals surface area contributed by atoms with Gasteiger partial charge in [-0.1, -0.05) is 12.1 Å². The zero-order chi connectivity index (χ0) is 16.5. The number of carbonyl (C=O) groups is 1. The van der Waals surface area contributed by atoms with E-state index in [1.165, 1.54) is 0 Å². The molecule has 0 aromatic heterocycles. The normalized spacial score (nSPS) is 9.74. The van der Waals surface area contributed by atoms with Gasteiger partial charge >= 0.3 is 0 Å². The molecule has 2 rings (SSSR count). The van der Waals surface area contributed by atoms with Crippen LogP contribution in [0.25, 0.3) is 0 Å². The highest BCUT2D eigenvalue weighted by atomic mass is 16.5. The van der Waals surface area contributed by atoms with Crippen molar-refractivity contribution in [3.8, 4) is 11.8 Å². The maximum atomic E-state index is 11.9. The molecule has 0 fully saturated rings. The molecule has 0 bridgehead atoms. The molecule has 118 valence electrons. The Morgan fingerprint density at radius 2 is 1.91 bits per heavy atom. The van der Waals surface area contributed by atoms with Crippen molar-refractivity contribution in [3.05, 3.63) is 54.1 Å². The van der Waals surface area contributed by atoms with Gasteiger partial charge in [0.1, 0.15) is 11.8 Å². The van der Waals surface area contributed by atoms with Crippen molar-refractivity contribution in [1.82, 2.24) is 0 Å². The molecule has 0 aliphatic carbocycles. The van der Waals surface area contributed by atoms with E-state index < -0.39 is 0 Å². The van der Waals surface area contributed by atoms with Crippen LogP contribution in [-0.4, -0.2) is 19.1 Å². The Balaban J connectivity index is 1.79. The Kier molecular flexibility index (Phi) is 6.01. The molecule has 1 amide bonds. The summed E-state index contributed by atoms with van der Waals surface area (Å²) in [5.41, 5.74) is 1.93. The fourth-order valence-electron chi connectivity index (χ4n) is 2.06. The summed E-state index contributed by atoms with van der Waals surface area (Å²) in [6, 6.07) is 16.6. The topological polar surface area (TPSA) is 74.2 Å². The minimum absolute atomic E-state index is 0.133. The largest absolute Gasteiger partial charge is 0.494 e. The van der Waals surface area contributed by atoms with Crippen molar-refractivity contribution in [2.45, 2.75) is 13.3 Å². The molecular weight excluding hydrogens is 290 g/mol. The molecule has 2 aromatic carbocycles. The lowest BCUT2D eigenvalue weighted by molar-refractivity contribution is -0.115. The Morgan fingerprint density at radius 3 is 2.61 bits per heavy atom. The Labute approximate surface area is 135 Å². The second kappa shape index (κ2) is 8.44. The SMILES string of the molecule is CCOc1ccc(NCCC(=O)Nc2ccccc2C#N)cc1. The number of rotatable bonds is 7. The van der Waals surface area contributed by atoms with Gasteiger partial charge in [0.2, 0.25) is 5.91 Å². The molecule has 0 aliphatic heterocycles. The molecule has 0 saturated heterocycles. The van der Waals surface area contributed by atoms with Gasteiger partial charge in [0, 0.05) is 18.7 Å². The van der Waals surface area contributed by atoms with E-state index >= 15 is 0 Å². The van der Waals surface area contributed by atoms with Crippen molar-refractivity contribution in [3.63, 3.8) is 0 Å². The molecule has 0 atom stereocenters. The van der Waals surface area contributed by atoms with Crippen molar-refractivity contribution in [2.24, 2.45) is 0 Å². The average Bonchev–Trinajstić information content (AvgIpc) is 2.57. The molecule has 2 aromatic rings. The predicted molar refractivity (Wildman–Crippen MR) is 90.5 cm³/mol. The van der Waals surface area contributed by atoms with Crippen LogP contribution in [-0.2, 0) is 4.79 Å². The van der Waals surface area contributed by atoms with Gasteiger partial charge in [-0.25, -0.2) is 0 Å². The summed E-state index contributed by atoms with van der Waals surface area (Å²) in [5, 5.41) is 14.9. The summed E-state index contributed by atoms with van der Waals surface area (Å²) in [7, 11) is 0. The number of para-hydroxylation sites is 1. The van der Waals surface area contributed by atoms with Crippen LogP contribution in [0.15, 0.2) is 48.5 Å². The van der Waals surface area contributed by atoms with Crippen LogP contribution in [0.4, 0.5) is 11.4 Å². The Morgan fingerprint density at radius 1 is 1.17 bits per heavy atom. The van der Waals surface area contributed by atoms with E-state index in [0.29, 0.717) is 30.8 Å². The van der Waals surface area contributed by atoms with Gasteiger partial charge in [0.05, 0.1) is 17.9 Å². The van der Waals surface area contributed by atoms with Gasteiger partial charge in [0.25, 0.3) is 0 Å². The third-order valence-electron chi connectivity index (χ3n) is 3.17. The number of hydrogen-bond acceptors (Lipinski definition) is 4. The Hall–Kier alpha value is -3.00.